The fraction of sp³-hybridized carbons (Fsp3) is 0.214. The first-order valence-electron chi connectivity index (χ1n) is 5.57. The summed E-state index contributed by atoms with van der Waals surface area (Å²) in [4.78, 5) is 0. The van der Waals surface area contributed by atoms with E-state index in [0.29, 0.717) is 12.1 Å². The molecule has 86 valence electrons. The van der Waals surface area contributed by atoms with E-state index < -0.39 is 0 Å². The molecule has 0 atom stereocenters. The molecular weight excluding hydrogens is 210 g/mol. The van der Waals surface area contributed by atoms with Crippen LogP contribution in [0.1, 0.15) is 22.3 Å². The summed E-state index contributed by atoms with van der Waals surface area (Å²) in [5.41, 5.74) is 9.79. The van der Waals surface area contributed by atoms with Gasteiger partial charge in [-0.15, -0.1) is 0 Å². The molecule has 3 nitrogen and oxygen atoms in total. The Kier molecular flexibility index (Phi) is 3.27. The molecule has 0 fully saturated rings. The maximum absolute atomic E-state index is 8.81. The summed E-state index contributed by atoms with van der Waals surface area (Å²) in [5, 5.41) is 8.81. The molecule has 0 aliphatic heterocycles. The first-order valence-corrected chi connectivity index (χ1v) is 5.57. The second kappa shape index (κ2) is 4.86. The van der Waals surface area contributed by atoms with Crippen molar-refractivity contribution in [2.75, 3.05) is 0 Å². The van der Waals surface area contributed by atoms with Crippen LogP contribution in [0.5, 0.6) is 0 Å². The van der Waals surface area contributed by atoms with E-state index in [-0.39, 0.29) is 0 Å². The fourth-order valence-electron chi connectivity index (χ4n) is 1.85. The number of nitrogens with zero attached hydrogens (tertiary/aromatic N) is 2. The Bertz CT molecular complexity index is 561. The molecule has 1 heterocycles. The van der Waals surface area contributed by atoms with Crippen molar-refractivity contribution in [3.63, 3.8) is 0 Å². The molecule has 0 saturated heterocycles. The monoisotopic (exact) mass is 225 g/mol. The van der Waals surface area contributed by atoms with Gasteiger partial charge in [0.2, 0.25) is 0 Å². The summed E-state index contributed by atoms with van der Waals surface area (Å²) in [5.74, 6) is 0. The Labute approximate surface area is 101 Å². The molecular formula is C14H15N3. The minimum absolute atomic E-state index is 0.569. The third-order valence-electron chi connectivity index (χ3n) is 2.87. The summed E-state index contributed by atoms with van der Waals surface area (Å²) in [6.45, 7) is 3.42. The van der Waals surface area contributed by atoms with Gasteiger partial charge < -0.3 is 10.3 Å². The summed E-state index contributed by atoms with van der Waals surface area (Å²) >= 11 is 0. The largest absolute Gasteiger partial charge is 0.350 e. The van der Waals surface area contributed by atoms with Crippen molar-refractivity contribution >= 4 is 0 Å². The van der Waals surface area contributed by atoms with Gasteiger partial charge in [-0.2, -0.15) is 5.26 Å². The lowest BCUT2D eigenvalue weighted by Crippen LogP contribution is -2.00. The van der Waals surface area contributed by atoms with Crippen LogP contribution in [-0.2, 0) is 13.1 Å². The van der Waals surface area contributed by atoms with Gasteiger partial charge in [0.05, 0.1) is 11.6 Å². The summed E-state index contributed by atoms with van der Waals surface area (Å²) in [7, 11) is 0. The van der Waals surface area contributed by atoms with E-state index in [4.69, 9.17) is 11.0 Å². The van der Waals surface area contributed by atoms with Gasteiger partial charge in [-0.3, -0.25) is 0 Å². The van der Waals surface area contributed by atoms with Crippen molar-refractivity contribution in [1.82, 2.24) is 4.57 Å². The van der Waals surface area contributed by atoms with Gasteiger partial charge in [0, 0.05) is 25.5 Å². The molecule has 3 heteroatoms. The summed E-state index contributed by atoms with van der Waals surface area (Å²) in [6, 6.07) is 9.96. The number of rotatable bonds is 3. The number of aryl methyl sites for hydroxylation is 1. The number of aromatic nitrogens is 1. The average Bonchev–Trinajstić information content (AvgIpc) is 2.79. The zero-order valence-corrected chi connectivity index (χ0v) is 9.85. The Morgan fingerprint density at radius 3 is 2.76 bits per heavy atom. The van der Waals surface area contributed by atoms with Gasteiger partial charge in [0.1, 0.15) is 0 Å². The zero-order valence-electron chi connectivity index (χ0n) is 9.85. The van der Waals surface area contributed by atoms with Gasteiger partial charge in [-0.25, -0.2) is 0 Å². The first-order chi connectivity index (χ1) is 8.22. The quantitative estimate of drug-likeness (QED) is 0.870. The summed E-state index contributed by atoms with van der Waals surface area (Å²) in [6.07, 6.45) is 4.08. The Morgan fingerprint density at radius 1 is 1.35 bits per heavy atom. The Balaban J connectivity index is 2.21. The highest BCUT2D eigenvalue weighted by Crippen LogP contribution is 2.13. The number of hydrogen-bond donors (Lipinski definition) is 1. The van der Waals surface area contributed by atoms with Crippen molar-refractivity contribution in [1.29, 1.82) is 5.26 Å². The van der Waals surface area contributed by atoms with Crippen molar-refractivity contribution in [2.45, 2.75) is 20.0 Å². The van der Waals surface area contributed by atoms with Crippen molar-refractivity contribution in [3.05, 3.63) is 58.9 Å². The molecule has 0 radical (unpaired) electrons. The average molecular weight is 225 g/mol. The molecule has 0 aliphatic rings. The van der Waals surface area contributed by atoms with Crippen molar-refractivity contribution < 1.29 is 0 Å². The molecule has 0 saturated carbocycles. The van der Waals surface area contributed by atoms with Crippen LogP contribution in [0, 0.1) is 18.3 Å². The predicted molar refractivity (Wildman–Crippen MR) is 67.3 cm³/mol. The highest BCUT2D eigenvalue weighted by molar-refractivity contribution is 5.37. The van der Waals surface area contributed by atoms with Crippen LogP contribution in [0.2, 0.25) is 0 Å². The number of nitriles is 1. The fourth-order valence-corrected chi connectivity index (χ4v) is 1.85. The highest BCUT2D eigenvalue weighted by Gasteiger charge is 2.01. The second-order valence-electron chi connectivity index (χ2n) is 4.15. The van der Waals surface area contributed by atoms with Crippen molar-refractivity contribution in [2.24, 2.45) is 5.73 Å². The molecule has 1 aromatic carbocycles. The lowest BCUT2D eigenvalue weighted by Gasteiger charge is -2.07. The maximum Gasteiger partial charge on any atom is 0.0991 e. The SMILES string of the molecule is Cc1cc(C#N)ccc1Cn1ccc(CN)c1. The van der Waals surface area contributed by atoms with Crippen LogP contribution in [0.4, 0.5) is 0 Å². The lowest BCUT2D eigenvalue weighted by atomic mass is 10.1. The Hall–Kier alpha value is -2.05. The van der Waals surface area contributed by atoms with E-state index >= 15 is 0 Å². The van der Waals surface area contributed by atoms with Crippen LogP contribution >= 0.6 is 0 Å². The molecule has 0 amide bonds. The molecule has 0 aliphatic carbocycles. The molecule has 2 N–H and O–H groups in total. The molecule has 0 spiro atoms. The van der Waals surface area contributed by atoms with Gasteiger partial charge in [0.25, 0.3) is 0 Å². The van der Waals surface area contributed by atoms with Gasteiger partial charge in [-0.1, -0.05) is 6.07 Å². The minimum atomic E-state index is 0.569. The summed E-state index contributed by atoms with van der Waals surface area (Å²) < 4.78 is 2.11. The van der Waals surface area contributed by atoms with Gasteiger partial charge in [0.15, 0.2) is 0 Å². The van der Waals surface area contributed by atoms with Crippen LogP contribution in [0.25, 0.3) is 0 Å². The van der Waals surface area contributed by atoms with E-state index in [1.807, 2.05) is 37.4 Å². The van der Waals surface area contributed by atoms with E-state index in [1.54, 1.807) is 0 Å². The smallest absolute Gasteiger partial charge is 0.0991 e. The Morgan fingerprint density at radius 2 is 2.18 bits per heavy atom. The third-order valence-corrected chi connectivity index (χ3v) is 2.87. The first kappa shape index (κ1) is 11.4. The number of nitrogens with two attached hydrogens (primary N) is 1. The van der Waals surface area contributed by atoms with Crippen LogP contribution in [0.15, 0.2) is 36.7 Å². The second-order valence-corrected chi connectivity index (χ2v) is 4.15. The predicted octanol–water partition coefficient (Wildman–Crippen LogP) is 2.18. The molecule has 2 rings (SSSR count). The molecule has 2 aromatic rings. The minimum Gasteiger partial charge on any atom is -0.350 e. The molecule has 0 unspecified atom stereocenters. The van der Waals surface area contributed by atoms with Gasteiger partial charge in [-0.05, 0) is 41.8 Å². The zero-order chi connectivity index (χ0) is 12.3. The van der Waals surface area contributed by atoms with E-state index in [1.165, 1.54) is 5.56 Å². The highest BCUT2D eigenvalue weighted by atomic mass is 14.9. The van der Waals surface area contributed by atoms with E-state index in [2.05, 4.69) is 16.8 Å². The standard InChI is InChI=1S/C14H15N3/c1-11-6-12(7-15)2-3-14(11)10-17-5-4-13(8-16)9-17/h2-6,9H,8,10,16H2,1H3. The maximum atomic E-state index is 8.81. The third kappa shape index (κ3) is 2.55. The molecule has 17 heavy (non-hydrogen) atoms. The molecule has 1 aromatic heterocycles. The van der Waals surface area contributed by atoms with Crippen LogP contribution in [0.3, 0.4) is 0 Å². The number of hydrogen-bond acceptors (Lipinski definition) is 2. The van der Waals surface area contributed by atoms with Crippen LogP contribution in [-0.4, -0.2) is 4.57 Å². The van der Waals surface area contributed by atoms with E-state index in [0.717, 1.165) is 17.7 Å². The lowest BCUT2D eigenvalue weighted by molar-refractivity contribution is 0.796. The van der Waals surface area contributed by atoms with Crippen LogP contribution < -0.4 is 5.73 Å². The number of benzene rings is 1. The normalized spacial score (nSPS) is 10.2. The van der Waals surface area contributed by atoms with Gasteiger partial charge >= 0.3 is 0 Å². The molecule has 0 bridgehead atoms. The van der Waals surface area contributed by atoms with Crippen molar-refractivity contribution in [3.8, 4) is 6.07 Å². The van der Waals surface area contributed by atoms with E-state index in [9.17, 15) is 0 Å². The topological polar surface area (TPSA) is 54.7 Å².